The zero-order valence-electron chi connectivity index (χ0n) is 17.6. The zero-order valence-corrected chi connectivity index (χ0v) is 19.2. The number of halogens is 1. The fourth-order valence-corrected chi connectivity index (χ4v) is 5.53. The van der Waals surface area contributed by atoms with Crippen molar-refractivity contribution in [3.05, 3.63) is 51.4 Å². The van der Waals surface area contributed by atoms with Gasteiger partial charge in [0.2, 0.25) is 0 Å². The maximum atomic E-state index is 12.7. The van der Waals surface area contributed by atoms with E-state index in [0.29, 0.717) is 39.2 Å². The van der Waals surface area contributed by atoms with Crippen molar-refractivity contribution in [2.75, 3.05) is 11.9 Å². The molecule has 1 aromatic heterocycles. The topological polar surface area (TPSA) is 73.2 Å². The summed E-state index contributed by atoms with van der Waals surface area (Å²) in [6.45, 7) is 6.81. The van der Waals surface area contributed by atoms with Gasteiger partial charge < -0.3 is 10.1 Å². The largest absolute Gasteiger partial charge is 0.486 e. The Bertz CT molecular complexity index is 989. The molecule has 3 aliphatic carbocycles. The van der Waals surface area contributed by atoms with Crippen LogP contribution in [0.1, 0.15) is 33.6 Å². The van der Waals surface area contributed by atoms with Crippen molar-refractivity contribution in [1.29, 1.82) is 0 Å². The maximum Gasteiger partial charge on any atom is 0.283 e. The summed E-state index contributed by atoms with van der Waals surface area (Å²) < 4.78 is 7.05. The van der Waals surface area contributed by atoms with E-state index in [1.54, 1.807) is 18.3 Å². The van der Waals surface area contributed by atoms with Gasteiger partial charge >= 0.3 is 0 Å². The minimum Gasteiger partial charge on any atom is -0.486 e. The van der Waals surface area contributed by atoms with Gasteiger partial charge in [-0.2, -0.15) is 5.10 Å². The fraction of sp³-hybridized carbons (Fsp3) is 0.522. The van der Waals surface area contributed by atoms with Crippen LogP contribution >= 0.6 is 15.9 Å². The Kier molecular flexibility index (Phi) is 5.75. The Morgan fingerprint density at radius 2 is 2.03 bits per heavy atom. The van der Waals surface area contributed by atoms with E-state index in [-0.39, 0.29) is 24.5 Å². The molecule has 0 spiro atoms. The molecule has 1 N–H and O–H groups in total. The first kappa shape index (κ1) is 21.1. The number of fused-ring (bicyclic) bond motifs is 2. The number of carbonyl (C=O) groups is 1. The third kappa shape index (κ3) is 3.92. The molecule has 30 heavy (non-hydrogen) atoms. The summed E-state index contributed by atoms with van der Waals surface area (Å²) in [4.78, 5) is 25.0. The van der Waals surface area contributed by atoms with Gasteiger partial charge in [0.05, 0.1) is 11.9 Å². The van der Waals surface area contributed by atoms with Crippen LogP contribution in [-0.2, 0) is 11.3 Å². The van der Waals surface area contributed by atoms with Crippen molar-refractivity contribution in [3.8, 4) is 5.75 Å². The molecule has 6 nitrogen and oxygen atoms in total. The van der Waals surface area contributed by atoms with Crippen LogP contribution in [0, 0.1) is 23.2 Å². The molecule has 2 aromatic rings. The molecule has 0 radical (unpaired) electrons. The lowest BCUT2D eigenvalue weighted by Gasteiger charge is -2.62. The van der Waals surface area contributed by atoms with Crippen LogP contribution in [0.5, 0.6) is 5.75 Å². The van der Waals surface area contributed by atoms with Gasteiger partial charge in [-0.05, 0) is 64.1 Å². The first-order chi connectivity index (χ1) is 14.3. The molecule has 0 unspecified atom stereocenters. The van der Waals surface area contributed by atoms with E-state index in [1.165, 1.54) is 11.1 Å². The van der Waals surface area contributed by atoms with Gasteiger partial charge in [0.1, 0.15) is 23.4 Å². The molecular formula is C23H28BrN3O3. The number of ketones is 1. The molecule has 0 amide bonds. The first-order valence-corrected chi connectivity index (χ1v) is 11.3. The Morgan fingerprint density at radius 3 is 2.70 bits per heavy atom. The molecule has 1 heterocycles. The second kappa shape index (κ2) is 8.17. The second-order valence-corrected chi connectivity index (χ2v) is 9.97. The molecule has 5 rings (SSSR count). The molecular weight excluding hydrogens is 446 g/mol. The van der Waals surface area contributed by atoms with Crippen molar-refractivity contribution >= 4 is 27.4 Å². The van der Waals surface area contributed by atoms with Gasteiger partial charge in [0.15, 0.2) is 5.78 Å². The summed E-state index contributed by atoms with van der Waals surface area (Å²) in [5, 5.41) is 7.75. The van der Waals surface area contributed by atoms with E-state index in [1.807, 2.05) is 18.2 Å². The molecule has 1 aromatic carbocycles. The average Bonchev–Trinajstić information content (AvgIpc) is 2.73. The summed E-state index contributed by atoms with van der Waals surface area (Å²) >= 11 is 3.41. The molecule has 4 atom stereocenters. The molecule has 3 fully saturated rings. The first-order valence-electron chi connectivity index (χ1n) is 10.5. The van der Waals surface area contributed by atoms with Crippen LogP contribution in [0.2, 0.25) is 0 Å². The molecule has 2 bridgehead atoms. The molecule has 3 saturated carbocycles. The molecule has 0 aliphatic heterocycles. The van der Waals surface area contributed by atoms with Crippen molar-refractivity contribution in [3.63, 3.8) is 0 Å². The number of benzene rings is 1. The van der Waals surface area contributed by atoms with Crippen molar-refractivity contribution in [2.45, 2.75) is 46.2 Å². The summed E-state index contributed by atoms with van der Waals surface area (Å²) in [6, 6.07) is 9.45. The lowest BCUT2D eigenvalue weighted by molar-refractivity contribution is -0.121. The summed E-state index contributed by atoms with van der Waals surface area (Å²) in [5.41, 5.74) is 0.792. The van der Waals surface area contributed by atoms with E-state index in [4.69, 9.17) is 4.74 Å². The normalized spacial score (nSPS) is 26.5. The number of aromatic nitrogens is 2. The van der Waals surface area contributed by atoms with E-state index < -0.39 is 0 Å². The maximum absolute atomic E-state index is 12.7. The number of nitrogens with zero attached hydrogens (tertiary/aromatic N) is 2. The van der Waals surface area contributed by atoms with Crippen LogP contribution in [-0.4, -0.2) is 28.2 Å². The van der Waals surface area contributed by atoms with Crippen LogP contribution in [0.4, 0.5) is 5.69 Å². The van der Waals surface area contributed by atoms with Gasteiger partial charge in [-0.25, -0.2) is 4.68 Å². The summed E-state index contributed by atoms with van der Waals surface area (Å²) in [7, 11) is 0. The van der Waals surface area contributed by atoms with Gasteiger partial charge in [0, 0.05) is 6.04 Å². The summed E-state index contributed by atoms with van der Waals surface area (Å²) in [5.74, 6) is 2.38. The zero-order chi connectivity index (χ0) is 21.5. The smallest absolute Gasteiger partial charge is 0.283 e. The van der Waals surface area contributed by atoms with E-state index in [0.717, 1.165) is 12.3 Å². The third-order valence-corrected chi connectivity index (χ3v) is 7.92. The highest BCUT2D eigenvalue weighted by Crippen LogP contribution is 2.61. The SMILES string of the molecule is C[C@H]1[C@H](Nc2cnn(CC(=O)COc3ccccc3)c(=O)c2Br)C[C@H]2C[C@@H]1C2(C)C. The number of rotatable bonds is 7. The van der Waals surface area contributed by atoms with Gasteiger partial charge in [-0.15, -0.1) is 0 Å². The molecule has 7 heteroatoms. The predicted molar refractivity (Wildman–Crippen MR) is 120 cm³/mol. The Balaban J connectivity index is 1.39. The van der Waals surface area contributed by atoms with Crippen LogP contribution in [0.25, 0.3) is 0 Å². The van der Waals surface area contributed by atoms with Gasteiger partial charge in [-0.3, -0.25) is 9.59 Å². The molecule has 160 valence electrons. The number of nitrogens with one attached hydrogen (secondary N) is 1. The van der Waals surface area contributed by atoms with Gasteiger partial charge in [-0.1, -0.05) is 39.0 Å². The highest BCUT2D eigenvalue weighted by atomic mass is 79.9. The molecule has 0 saturated heterocycles. The fourth-order valence-electron chi connectivity index (χ4n) is 5.11. The Hall–Kier alpha value is -2.15. The minimum atomic E-state index is -0.318. The highest BCUT2D eigenvalue weighted by Gasteiger charge is 2.56. The molecule has 3 aliphatic rings. The van der Waals surface area contributed by atoms with E-state index in [9.17, 15) is 9.59 Å². The second-order valence-electron chi connectivity index (χ2n) is 9.18. The van der Waals surface area contributed by atoms with Crippen LogP contribution < -0.4 is 15.6 Å². The van der Waals surface area contributed by atoms with Crippen LogP contribution in [0.3, 0.4) is 0 Å². The average molecular weight is 474 g/mol. The predicted octanol–water partition coefficient (Wildman–Crippen LogP) is 4.14. The van der Waals surface area contributed by atoms with E-state index in [2.05, 4.69) is 47.1 Å². The number of hydrogen-bond donors (Lipinski definition) is 1. The van der Waals surface area contributed by atoms with Crippen molar-refractivity contribution in [2.24, 2.45) is 23.2 Å². The monoisotopic (exact) mass is 473 g/mol. The third-order valence-electron chi connectivity index (χ3n) is 7.15. The van der Waals surface area contributed by atoms with Crippen molar-refractivity contribution in [1.82, 2.24) is 9.78 Å². The quantitative estimate of drug-likeness (QED) is 0.653. The number of anilines is 1. The number of carbonyl (C=O) groups excluding carboxylic acids is 1. The van der Waals surface area contributed by atoms with E-state index >= 15 is 0 Å². The number of Topliss-reactive ketones (excluding diaryl/α,β-unsaturated/α-hetero) is 1. The van der Waals surface area contributed by atoms with Crippen molar-refractivity contribution < 1.29 is 9.53 Å². The number of hydrogen-bond acceptors (Lipinski definition) is 5. The standard InChI is InChI=1S/C23H28BrN3O3/c1-14-18-9-15(23(18,2)3)10-19(14)26-20-11-25-27(22(29)21(20)24)12-16(28)13-30-17-7-5-4-6-8-17/h4-8,11,14-15,18-19,26H,9-10,12-13H2,1-3H3/t14-,15-,18+,19-/m1/s1. The van der Waals surface area contributed by atoms with Gasteiger partial charge in [0.25, 0.3) is 5.56 Å². The lowest BCUT2D eigenvalue weighted by Crippen LogP contribution is -2.58. The lowest BCUT2D eigenvalue weighted by atomic mass is 9.45. The Morgan fingerprint density at radius 1 is 1.30 bits per heavy atom. The van der Waals surface area contributed by atoms with Crippen LogP contribution in [0.15, 0.2) is 45.8 Å². The Labute approximate surface area is 185 Å². The summed E-state index contributed by atoms with van der Waals surface area (Å²) in [6.07, 6.45) is 4.05. The number of ether oxygens (including phenoxy) is 1. The highest BCUT2D eigenvalue weighted by molar-refractivity contribution is 9.10. The number of para-hydroxylation sites is 1. The minimum absolute atomic E-state index is 0.103.